The van der Waals surface area contributed by atoms with E-state index in [4.69, 9.17) is 10.7 Å². The second-order valence-electron chi connectivity index (χ2n) is 3.37. The molecule has 0 aromatic heterocycles. The minimum atomic E-state index is -4.54. The second kappa shape index (κ2) is 5.49. The maximum atomic E-state index is 13.3. The van der Waals surface area contributed by atoms with Gasteiger partial charge in [0.25, 0.3) is 9.05 Å². The molecule has 3 nitrogen and oxygen atoms in total. The number of alkyl halides is 3. The van der Waals surface area contributed by atoms with Gasteiger partial charge in [0.2, 0.25) is 0 Å². The molecule has 10 heteroatoms. The van der Waals surface area contributed by atoms with Gasteiger partial charge in [0, 0.05) is 10.7 Å². The van der Waals surface area contributed by atoms with Crippen LogP contribution in [-0.4, -0.2) is 21.2 Å². The summed E-state index contributed by atoms with van der Waals surface area (Å²) in [4.78, 5) is -0.854. The van der Waals surface area contributed by atoms with E-state index in [9.17, 15) is 30.4 Å². The van der Waals surface area contributed by atoms with Gasteiger partial charge < -0.3 is 4.74 Å². The van der Waals surface area contributed by atoms with E-state index in [0.29, 0.717) is 12.1 Å². The first-order valence-electron chi connectivity index (χ1n) is 4.64. The van der Waals surface area contributed by atoms with Crippen LogP contribution < -0.4 is 4.74 Å². The lowest BCUT2D eigenvalue weighted by Gasteiger charge is -2.10. The lowest BCUT2D eigenvalue weighted by atomic mass is 10.3. The monoisotopic (exact) mass is 324 g/mol. The molecule has 0 heterocycles. The predicted octanol–water partition coefficient (Wildman–Crippen LogP) is 3.22. The summed E-state index contributed by atoms with van der Waals surface area (Å²) in [5.41, 5.74) is 0. The zero-order valence-electron chi connectivity index (χ0n) is 8.97. The smallest absolute Gasteiger partial charge is 0.392 e. The molecule has 0 aliphatic rings. The average Bonchev–Trinajstić information content (AvgIpc) is 2.18. The predicted molar refractivity (Wildman–Crippen MR) is 55.6 cm³/mol. The third-order valence-corrected chi connectivity index (χ3v) is 3.22. The minimum Gasteiger partial charge on any atom is -0.487 e. The molecule has 0 aliphatic heterocycles. The van der Waals surface area contributed by atoms with Crippen LogP contribution in [0.15, 0.2) is 17.0 Å². The van der Waals surface area contributed by atoms with Gasteiger partial charge in [-0.25, -0.2) is 17.2 Å². The van der Waals surface area contributed by atoms with Crippen molar-refractivity contribution in [3.05, 3.63) is 23.8 Å². The first-order valence-corrected chi connectivity index (χ1v) is 6.95. The molecule has 1 rings (SSSR count). The van der Waals surface area contributed by atoms with Crippen LogP contribution in [0.2, 0.25) is 0 Å². The highest BCUT2D eigenvalue weighted by atomic mass is 35.7. The van der Waals surface area contributed by atoms with Crippen LogP contribution in [0, 0.1) is 11.6 Å². The van der Waals surface area contributed by atoms with E-state index < -0.39 is 50.5 Å². The standard InChI is InChI=1S/C9H6ClF5O3S/c10-19(16,17)5-3-6(11)8(7(12)4-5)18-2-1-9(13,14)15/h3-4H,1-2H2. The fraction of sp³-hybridized carbons (Fsp3) is 0.333. The summed E-state index contributed by atoms with van der Waals surface area (Å²) in [5.74, 6) is -4.00. The summed E-state index contributed by atoms with van der Waals surface area (Å²) < 4.78 is 88.0. The molecule has 0 amide bonds. The molecule has 0 fully saturated rings. The highest BCUT2D eigenvalue weighted by Crippen LogP contribution is 2.28. The van der Waals surface area contributed by atoms with Crippen molar-refractivity contribution in [2.75, 3.05) is 6.61 Å². The van der Waals surface area contributed by atoms with Crippen molar-refractivity contribution >= 4 is 19.7 Å². The Morgan fingerprint density at radius 2 is 1.63 bits per heavy atom. The summed E-state index contributed by atoms with van der Waals surface area (Å²) >= 11 is 0. The van der Waals surface area contributed by atoms with E-state index in [0.717, 1.165) is 0 Å². The molecule has 0 saturated carbocycles. The largest absolute Gasteiger partial charge is 0.487 e. The van der Waals surface area contributed by atoms with Gasteiger partial charge in [0.15, 0.2) is 17.4 Å². The van der Waals surface area contributed by atoms with E-state index in [1.807, 2.05) is 0 Å². The Kier molecular flexibility index (Phi) is 4.62. The van der Waals surface area contributed by atoms with Gasteiger partial charge >= 0.3 is 6.18 Å². The molecule has 1 aromatic carbocycles. The molecule has 0 radical (unpaired) electrons. The number of rotatable bonds is 4. The molecule has 0 unspecified atom stereocenters. The molecule has 0 N–H and O–H groups in total. The lowest BCUT2D eigenvalue weighted by molar-refractivity contribution is -0.139. The summed E-state index contributed by atoms with van der Waals surface area (Å²) in [6, 6.07) is 0.711. The maximum Gasteiger partial charge on any atom is 0.392 e. The Balaban J connectivity index is 2.93. The summed E-state index contributed by atoms with van der Waals surface area (Å²) in [6.07, 6.45) is -5.94. The summed E-state index contributed by atoms with van der Waals surface area (Å²) in [6.45, 7) is -0.996. The molecular formula is C9H6ClF5O3S. The van der Waals surface area contributed by atoms with Crippen molar-refractivity contribution in [3.8, 4) is 5.75 Å². The van der Waals surface area contributed by atoms with Crippen LogP contribution >= 0.6 is 10.7 Å². The zero-order chi connectivity index (χ0) is 14.8. The maximum absolute atomic E-state index is 13.3. The minimum absolute atomic E-state index is 0.355. The van der Waals surface area contributed by atoms with Crippen molar-refractivity contribution < 1.29 is 35.1 Å². The topological polar surface area (TPSA) is 43.4 Å². The SMILES string of the molecule is O=S(=O)(Cl)c1cc(F)c(OCCC(F)(F)F)c(F)c1. The Labute approximate surface area is 109 Å². The Hall–Kier alpha value is -1.09. The molecule has 1 aromatic rings. The number of hydrogen-bond donors (Lipinski definition) is 0. The highest BCUT2D eigenvalue weighted by molar-refractivity contribution is 8.13. The van der Waals surface area contributed by atoms with Crippen molar-refractivity contribution in [1.29, 1.82) is 0 Å². The number of ether oxygens (including phenoxy) is 1. The van der Waals surface area contributed by atoms with E-state index in [-0.39, 0.29) is 0 Å². The van der Waals surface area contributed by atoms with Gasteiger partial charge in [0.05, 0.1) is 17.9 Å². The molecule has 0 bridgehead atoms. The lowest BCUT2D eigenvalue weighted by Crippen LogP contribution is -2.14. The van der Waals surface area contributed by atoms with E-state index >= 15 is 0 Å². The fourth-order valence-corrected chi connectivity index (χ4v) is 1.84. The van der Waals surface area contributed by atoms with Crippen LogP contribution in [0.4, 0.5) is 22.0 Å². The molecule has 0 atom stereocenters. The van der Waals surface area contributed by atoms with Gasteiger partial charge in [-0.15, -0.1) is 0 Å². The highest BCUT2D eigenvalue weighted by Gasteiger charge is 2.27. The van der Waals surface area contributed by atoms with Crippen molar-refractivity contribution in [3.63, 3.8) is 0 Å². The summed E-state index contributed by atoms with van der Waals surface area (Å²) in [7, 11) is 0.517. The second-order valence-corrected chi connectivity index (χ2v) is 5.93. The van der Waals surface area contributed by atoms with Crippen molar-refractivity contribution in [2.45, 2.75) is 17.5 Å². The third kappa shape index (κ3) is 4.83. The first kappa shape index (κ1) is 16.0. The zero-order valence-corrected chi connectivity index (χ0v) is 10.5. The van der Waals surface area contributed by atoms with Crippen molar-refractivity contribution in [1.82, 2.24) is 0 Å². The Bertz CT molecular complexity index is 547. The number of hydrogen-bond acceptors (Lipinski definition) is 3. The first-order chi connectivity index (χ1) is 8.50. The van der Waals surface area contributed by atoms with Crippen LogP contribution in [-0.2, 0) is 9.05 Å². The average molecular weight is 325 g/mol. The van der Waals surface area contributed by atoms with Crippen molar-refractivity contribution in [2.24, 2.45) is 0 Å². The van der Waals surface area contributed by atoms with Gasteiger partial charge in [0.1, 0.15) is 0 Å². The van der Waals surface area contributed by atoms with Gasteiger partial charge in [-0.05, 0) is 12.1 Å². The molecule has 19 heavy (non-hydrogen) atoms. The molecule has 0 aliphatic carbocycles. The van der Waals surface area contributed by atoms with Gasteiger partial charge in [-0.3, -0.25) is 0 Å². The Morgan fingerprint density at radius 1 is 1.16 bits per heavy atom. The van der Waals surface area contributed by atoms with Gasteiger partial charge in [-0.1, -0.05) is 0 Å². The summed E-state index contributed by atoms with van der Waals surface area (Å²) in [5, 5.41) is 0. The molecular weight excluding hydrogens is 319 g/mol. The van der Waals surface area contributed by atoms with E-state index in [1.165, 1.54) is 0 Å². The fourth-order valence-electron chi connectivity index (χ4n) is 1.08. The molecule has 108 valence electrons. The molecule has 0 spiro atoms. The third-order valence-electron chi connectivity index (χ3n) is 1.89. The Morgan fingerprint density at radius 3 is 2.00 bits per heavy atom. The van der Waals surface area contributed by atoms with Crippen LogP contribution in [0.1, 0.15) is 6.42 Å². The van der Waals surface area contributed by atoms with Gasteiger partial charge in [-0.2, -0.15) is 13.2 Å². The quantitative estimate of drug-likeness (QED) is 0.631. The number of halogens is 6. The number of benzene rings is 1. The van der Waals surface area contributed by atoms with E-state index in [2.05, 4.69) is 4.74 Å². The van der Waals surface area contributed by atoms with Crippen LogP contribution in [0.3, 0.4) is 0 Å². The van der Waals surface area contributed by atoms with Crippen LogP contribution in [0.25, 0.3) is 0 Å². The van der Waals surface area contributed by atoms with Crippen LogP contribution in [0.5, 0.6) is 5.75 Å². The molecule has 0 saturated heterocycles. The van der Waals surface area contributed by atoms with E-state index in [1.54, 1.807) is 0 Å². The normalized spacial score (nSPS) is 12.5.